The summed E-state index contributed by atoms with van der Waals surface area (Å²) >= 11 is 5.97. The number of hydrogen-bond donors (Lipinski definition) is 2. The number of amides is 1. The number of carbonyl (C=O) groups is 1. The van der Waals surface area contributed by atoms with Crippen molar-refractivity contribution in [3.8, 4) is 0 Å². The Balaban J connectivity index is 1.57. The molecule has 6 heteroatoms. The van der Waals surface area contributed by atoms with Crippen LogP contribution in [0.1, 0.15) is 37.7 Å². The molecule has 0 bridgehead atoms. The first kappa shape index (κ1) is 20.6. The number of nitrogens with zero attached hydrogens (tertiary/aromatic N) is 1. The summed E-state index contributed by atoms with van der Waals surface area (Å²) in [5.74, 6) is -0.666. The van der Waals surface area contributed by atoms with Gasteiger partial charge in [-0.05, 0) is 49.7 Å². The van der Waals surface area contributed by atoms with Crippen molar-refractivity contribution in [2.75, 3.05) is 24.2 Å². The summed E-state index contributed by atoms with van der Waals surface area (Å²) in [6.07, 6.45) is 6.47. The largest absolute Gasteiger partial charge is 0.376 e. The number of para-hydroxylation sites is 1. The minimum absolute atomic E-state index is 0.109. The lowest BCUT2D eigenvalue weighted by Gasteiger charge is -2.31. The molecule has 0 unspecified atom stereocenters. The fourth-order valence-electron chi connectivity index (χ4n) is 3.71. The molecule has 1 saturated carbocycles. The zero-order valence-corrected chi connectivity index (χ0v) is 16.9. The maximum absolute atomic E-state index is 13.1. The summed E-state index contributed by atoms with van der Waals surface area (Å²) in [6.45, 7) is 0.955. The highest BCUT2D eigenvalue weighted by Crippen LogP contribution is 2.25. The Kier molecular flexibility index (Phi) is 7.29. The van der Waals surface area contributed by atoms with E-state index in [1.54, 1.807) is 0 Å². The molecule has 4 nitrogen and oxygen atoms in total. The third-order valence-corrected chi connectivity index (χ3v) is 5.59. The van der Waals surface area contributed by atoms with E-state index >= 15 is 0 Å². The fraction of sp³-hybridized carbons (Fsp3) is 0.409. The van der Waals surface area contributed by atoms with E-state index in [4.69, 9.17) is 11.6 Å². The van der Waals surface area contributed by atoms with Crippen LogP contribution in [0.3, 0.4) is 0 Å². The Morgan fingerprint density at radius 1 is 1.14 bits per heavy atom. The van der Waals surface area contributed by atoms with E-state index in [-0.39, 0.29) is 17.5 Å². The van der Waals surface area contributed by atoms with Crippen molar-refractivity contribution >= 4 is 28.9 Å². The van der Waals surface area contributed by atoms with Crippen LogP contribution in [0.4, 0.5) is 15.8 Å². The molecule has 1 aliphatic rings. The molecule has 150 valence electrons. The van der Waals surface area contributed by atoms with Crippen molar-refractivity contribution in [1.29, 1.82) is 0 Å². The van der Waals surface area contributed by atoms with E-state index in [0.717, 1.165) is 12.2 Å². The van der Waals surface area contributed by atoms with Crippen molar-refractivity contribution in [3.05, 3.63) is 58.9 Å². The van der Waals surface area contributed by atoms with Crippen molar-refractivity contribution in [3.63, 3.8) is 0 Å². The Labute approximate surface area is 171 Å². The third kappa shape index (κ3) is 5.69. The number of nitrogens with one attached hydrogen (secondary N) is 2. The Hall–Kier alpha value is -2.11. The summed E-state index contributed by atoms with van der Waals surface area (Å²) in [5.41, 5.74) is 2.52. The lowest BCUT2D eigenvalue weighted by atomic mass is 9.94. The minimum Gasteiger partial charge on any atom is -0.376 e. The lowest BCUT2D eigenvalue weighted by Crippen LogP contribution is -2.33. The molecular weight excluding hydrogens is 377 g/mol. The molecule has 1 aliphatic carbocycles. The van der Waals surface area contributed by atoms with E-state index in [0.29, 0.717) is 11.7 Å². The maximum atomic E-state index is 13.1. The topological polar surface area (TPSA) is 44.4 Å². The van der Waals surface area contributed by atoms with Crippen molar-refractivity contribution < 1.29 is 9.18 Å². The maximum Gasteiger partial charge on any atom is 0.243 e. The molecule has 0 radical (unpaired) electrons. The molecular formula is C22H27ClFN3O. The van der Waals surface area contributed by atoms with Gasteiger partial charge in [0.25, 0.3) is 0 Å². The molecule has 0 saturated heterocycles. The third-order valence-electron chi connectivity index (χ3n) is 5.28. The molecule has 3 rings (SSSR count). The molecule has 2 N–H and O–H groups in total. The average molecular weight is 404 g/mol. The summed E-state index contributed by atoms with van der Waals surface area (Å²) in [7, 11) is 2.18. The van der Waals surface area contributed by atoms with Gasteiger partial charge in [-0.1, -0.05) is 49.1 Å². The van der Waals surface area contributed by atoms with Crippen LogP contribution in [0.15, 0.2) is 42.5 Å². The van der Waals surface area contributed by atoms with Gasteiger partial charge in [0.15, 0.2) is 0 Å². The fourth-order valence-corrected chi connectivity index (χ4v) is 3.93. The van der Waals surface area contributed by atoms with Gasteiger partial charge in [0.05, 0.1) is 17.3 Å². The zero-order valence-electron chi connectivity index (χ0n) is 16.2. The molecule has 0 spiro atoms. The van der Waals surface area contributed by atoms with Crippen LogP contribution in [-0.2, 0) is 11.3 Å². The standard InChI is InChI=1S/C22H27ClFN3O/c1-27(18-8-3-2-4-9-18)15-16-7-5-6-10-20(16)25-14-22(28)26-21-12-11-17(24)13-19(21)23/h5-7,10-13,18,25H,2-4,8-9,14-15H2,1H3,(H,26,28). The highest BCUT2D eigenvalue weighted by atomic mass is 35.5. The van der Waals surface area contributed by atoms with Gasteiger partial charge in [0.1, 0.15) is 5.82 Å². The predicted octanol–water partition coefficient (Wildman–Crippen LogP) is 5.29. The summed E-state index contributed by atoms with van der Waals surface area (Å²) < 4.78 is 13.1. The monoisotopic (exact) mass is 403 g/mol. The van der Waals surface area contributed by atoms with Crippen molar-refractivity contribution in [2.45, 2.75) is 44.7 Å². The molecule has 0 aromatic heterocycles. The van der Waals surface area contributed by atoms with E-state index < -0.39 is 5.82 Å². The molecule has 2 aromatic carbocycles. The van der Waals surface area contributed by atoms with Crippen LogP contribution in [-0.4, -0.2) is 30.4 Å². The van der Waals surface area contributed by atoms with Gasteiger partial charge in [-0.15, -0.1) is 0 Å². The predicted molar refractivity (Wildman–Crippen MR) is 113 cm³/mol. The molecule has 0 atom stereocenters. The SMILES string of the molecule is CN(Cc1ccccc1NCC(=O)Nc1ccc(F)cc1Cl)C1CCCCC1. The van der Waals surface area contributed by atoms with Crippen LogP contribution in [0.25, 0.3) is 0 Å². The average Bonchev–Trinajstić information content (AvgIpc) is 2.70. The van der Waals surface area contributed by atoms with Crippen molar-refractivity contribution in [1.82, 2.24) is 4.90 Å². The van der Waals surface area contributed by atoms with Gasteiger partial charge >= 0.3 is 0 Å². The Bertz CT molecular complexity index is 808. The van der Waals surface area contributed by atoms with E-state index in [2.05, 4.69) is 28.6 Å². The quantitative estimate of drug-likeness (QED) is 0.659. The normalized spacial score (nSPS) is 14.9. The molecule has 0 aliphatic heterocycles. The first-order valence-corrected chi connectivity index (χ1v) is 10.2. The van der Waals surface area contributed by atoms with Crippen LogP contribution >= 0.6 is 11.6 Å². The first-order valence-electron chi connectivity index (χ1n) is 9.80. The van der Waals surface area contributed by atoms with Gasteiger partial charge in [-0.2, -0.15) is 0 Å². The summed E-state index contributed by atoms with van der Waals surface area (Å²) in [4.78, 5) is 14.7. The van der Waals surface area contributed by atoms with E-state index in [1.807, 2.05) is 18.2 Å². The van der Waals surface area contributed by atoms with Gasteiger partial charge in [-0.3, -0.25) is 9.69 Å². The second-order valence-electron chi connectivity index (χ2n) is 7.39. The first-order chi connectivity index (χ1) is 13.5. The number of halogens is 2. The number of hydrogen-bond acceptors (Lipinski definition) is 3. The lowest BCUT2D eigenvalue weighted by molar-refractivity contribution is -0.114. The molecule has 28 heavy (non-hydrogen) atoms. The van der Waals surface area contributed by atoms with Crippen molar-refractivity contribution in [2.24, 2.45) is 0 Å². The van der Waals surface area contributed by atoms with E-state index in [1.165, 1.54) is 55.9 Å². The number of anilines is 2. The highest BCUT2D eigenvalue weighted by Gasteiger charge is 2.19. The van der Waals surface area contributed by atoms with Crippen LogP contribution < -0.4 is 10.6 Å². The minimum atomic E-state index is -0.433. The molecule has 0 heterocycles. The van der Waals surface area contributed by atoms with Crippen LogP contribution in [0, 0.1) is 5.82 Å². The number of rotatable bonds is 7. The smallest absolute Gasteiger partial charge is 0.243 e. The van der Waals surface area contributed by atoms with E-state index in [9.17, 15) is 9.18 Å². The second kappa shape index (κ2) is 9.89. The number of carbonyl (C=O) groups excluding carboxylic acids is 1. The molecule has 1 fully saturated rings. The van der Waals surface area contributed by atoms with Gasteiger partial charge in [0.2, 0.25) is 5.91 Å². The van der Waals surface area contributed by atoms with Crippen LogP contribution in [0.5, 0.6) is 0 Å². The Morgan fingerprint density at radius 3 is 2.64 bits per heavy atom. The second-order valence-corrected chi connectivity index (χ2v) is 7.80. The van der Waals surface area contributed by atoms with Gasteiger partial charge in [-0.25, -0.2) is 4.39 Å². The van der Waals surface area contributed by atoms with Crippen LogP contribution in [0.2, 0.25) is 5.02 Å². The zero-order chi connectivity index (χ0) is 19.9. The highest BCUT2D eigenvalue weighted by molar-refractivity contribution is 6.33. The number of benzene rings is 2. The summed E-state index contributed by atoms with van der Waals surface area (Å²) in [5, 5.41) is 6.11. The molecule has 2 aromatic rings. The molecule has 1 amide bonds. The Morgan fingerprint density at radius 2 is 1.89 bits per heavy atom. The summed E-state index contributed by atoms with van der Waals surface area (Å²) in [6, 6.07) is 12.6. The van der Waals surface area contributed by atoms with Gasteiger partial charge in [0, 0.05) is 18.3 Å². The van der Waals surface area contributed by atoms with Gasteiger partial charge < -0.3 is 10.6 Å².